The Morgan fingerprint density at radius 2 is 1.76 bits per heavy atom. The van der Waals surface area contributed by atoms with Crippen LogP contribution in [0.1, 0.15) is 13.8 Å². The van der Waals surface area contributed by atoms with Crippen molar-refractivity contribution in [2.75, 3.05) is 38.4 Å². The molecule has 0 atom stereocenters. The number of nitro benzene ring substituents is 1. The summed E-state index contributed by atoms with van der Waals surface area (Å²) >= 11 is 1.14. The molecule has 1 aromatic heterocycles. The zero-order valence-electron chi connectivity index (χ0n) is 22.9. The molecule has 1 heterocycles. The van der Waals surface area contributed by atoms with Gasteiger partial charge in [0.25, 0.3) is 5.69 Å². The fraction of sp³-hybridized carbons (Fsp3) is 0.259. The van der Waals surface area contributed by atoms with Crippen LogP contribution in [-0.2, 0) is 14.8 Å². The summed E-state index contributed by atoms with van der Waals surface area (Å²) in [6.07, 6.45) is 0. The lowest BCUT2D eigenvalue weighted by Gasteiger charge is -2.18. The molecule has 3 aromatic carbocycles. The Bertz CT molecular complexity index is 1700. The number of para-hydroxylation sites is 2. The van der Waals surface area contributed by atoms with Crippen LogP contribution < -0.4 is 14.8 Å². The largest absolute Gasteiger partial charge is 0.495 e. The van der Waals surface area contributed by atoms with Crippen LogP contribution in [0.15, 0.2) is 70.7 Å². The average molecular weight is 600 g/mol. The van der Waals surface area contributed by atoms with Gasteiger partial charge in [0, 0.05) is 19.2 Å². The molecule has 0 radical (unpaired) electrons. The Labute approximate surface area is 241 Å². The molecule has 216 valence electrons. The Morgan fingerprint density at radius 3 is 2.41 bits per heavy atom. The summed E-state index contributed by atoms with van der Waals surface area (Å²) in [6, 6.07) is 16.0. The third-order valence-electron chi connectivity index (χ3n) is 6.27. The molecule has 14 heteroatoms. The molecule has 12 nitrogen and oxygen atoms in total. The van der Waals surface area contributed by atoms with Crippen molar-refractivity contribution in [1.82, 2.24) is 13.9 Å². The zero-order valence-corrected chi connectivity index (χ0v) is 24.5. The van der Waals surface area contributed by atoms with Crippen LogP contribution in [-0.4, -0.2) is 66.2 Å². The van der Waals surface area contributed by atoms with E-state index in [4.69, 9.17) is 14.5 Å². The van der Waals surface area contributed by atoms with Crippen molar-refractivity contribution >= 4 is 50.1 Å². The van der Waals surface area contributed by atoms with Gasteiger partial charge in [0.2, 0.25) is 15.9 Å². The molecule has 0 aliphatic carbocycles. The highest BCUT2D eigenvalue weighted by Gasteiger charge is 2.24. The van der Waals surface area contributed by atoms with Gasteiger partial charge in [-0.05, 0) is 36.4 Å². The summed E-state index contributed by atoms with van der Waals surface area (Å²) < 4.78 is 40.3. The topological polar surface area (TPSA) is 146 Å². The van der Waals surface area contributed by atoms with Crippen LogP contribution in [0.25, 0.3) is 16.7 Å². The molecule has 0 aliphatic heterocycles. The number of nitrogens with one attached hydrogen (secondary N) is 1. The van der Waals surface area contributed by atoms with Gasteiger partial charge < -0.3 is 14.8 Å². The van der Waals surface area contributed by atoms with E-state index in [0.29, 0.717) is 40.7 Å². The minimum Gasteiger partial charge on any atom is -0.495 e. The third kappa shape index (κ3) is 6.14. The molecule has 4 rings (SSSR count). The first-order valence-electron chi connectivity index (χ1n) is 12.6. The van der Waals surface area contributed by atoms with Crippen LogP contribution >= 0.6 is 11.8 Å². The number of thioether (sulfide) groups is 1. The Morgan fingerprint density at radius 1 is 1.05 bits per heavy atom. The van der Waals surface area contributed by atoms with Gasteiger partial charge in [-0.3, -0.25) is 19.5 Å². The number of carbonyl (C=O) groups excluding carboxylic acids is 1. The second-order valence-corrected chi connectivity index (χ2v) is 11.5. The van der Waals surface area contributed by atoms with Gasteiger partial charge >= 0.3 is 0 Å². The van der Waals surface area contributed by atoms with Crippen molar-refractivity contribution in [1.29, 1.82) is 0 Å². The SMILES string of the molecule is CCN(CC)S(=O)(=O)c1ccc2c(c1)nc(SCC(=O)Nc1ccc([N+](=O)[O-])cc1OC)n2-c1ccccc1OC. The number of hydrogen-bond donors (Lipinski definition) is 1. The molecule has 0 unspecified atom stereocenters. The number of non-ortho nitro benzene ring substituents is 1. The predicted molar refractivity (Wildman–Crippen MR) is 157 cm³/mol. The van der Waals surface area contributed by atoms with Gasteiger partial charge in [-0.2, -0.15) is 4.31 Å². The third-order valence-corrected chi connectivity index (χ3v) is 9.25. The van der Waals surface area contributed by atoms with E-state index in [1.165, 1.54) is 35.7 Å². The van der Waals surface area contributed by atoms with Gasteiger partial charge in [-0.15, -0.1) is 0 Å². The van der Waals surface area contributed by atoms with E-state index in [1.807, 2.05) is 22.8 Å². The van der Waals surface area contributed by atoms with Crippen molar-refractivity contribution in [2.45, 2.75) is 23.9 Å². The van der Waals surface area contributed by atoms with E-state index in [1.54, 1.807) is 39.2 Å². The summed E-state index contributed by atoms with van der Waals surface area (Å²) in [5, 5.41) is 14.2. The zero-order chi connectivity index (χ0) is 29.7. The average Bonchev–Trinajstić information content (AvgIpc) is 3.34. The van der Waals surface area contributed by atoms with Crippen molar-refractivity contribution in [3.63, 3.8) is 0 Å². The van der Waals surface area contributed by atoms with Crippen LogP contribution in [0.4, 0.5) is 11.4 Å². The lowest BCUT2D eigenvalue weighted by molar-refractivity contribution is -0.384. The number of anilines is 1. The molecule has 41 heavy (non-hydrogen) atoms. The first-order chi connectivity index (χ1) is 19.6. The molecule has 0 bridgehead atoms. The summed E-state index contributed by atoms with van der Waals surface area (Å²) in [5.74, 6) is 0.253. The number of hydrogen-bond acceptors (Lipinski definition) is 9. The fourth-order valence-corrected chi connectivity index (χ4v) is 6.57. The number of fused-ring (bicyclic) bond motifs is 1. The van der Waals surface area contributed by atoms with Crippen molar-refractivity contribution in [2.24, 2.45) is 0 Å². The molecule has 0 fully saturated rings. The summed E-state index contributed by atoms with van der Waals surface area (Å²) in [4.78, 5) is 28.3. The molecular weight excluding hydrogens is 570 g/mol. The molecular formula is C27H29N5O7S2. The number of carbonyl (C=O) groups is 1. The number of sulfonamides is 1. The minimum absolute atomic E-state index is 0.0663. The van der Waals surface area contributed by atoms with Gasteiger partial charge in [0.1, 0.15) is 11.5 Å². The maximum atomic E-state index is 13.2. The Balaban J connectivity index is 1.70. The van der Waals surface area contributed by atoms with Gasteiger partial charge in [0.05, 0.1) is 58.3 Å². The highest BCUT2D eigenvalue weighted by molar-refractivity contribution is 7.99. The highest BCUT2D eigenvalue weighted by Crippen LogP contribution is 2.34. The standard InChI is InChI=1S/C27H29N5O7S2/c1-5-30(6-2)41(36,37)19-12-14-22-21(16-19)29-27(31(22)23-9-7-8-10-24(23)38-3)40-17-26(33)28-20-13-11-18(32(34)35)15-25(20)39-4/h7-16H,5-6,17H2,1-4H3,(H,28,33). The molecule has 1 amide bonds. The number of aromatic nitrogens is 2. The first-order valence-corrected chi connectivity index (χ1v) is 15.0. The van der Waals surface area contributed by atoms with E-state index in [-0.39, 0.29) is 27.8 Å². The van der Waals surface area contributed by atoms with Gasteiger partial charge in [-0.1, -0.05) is 37.7 Å². The monoisotopic (exact) mass is 599 g/mol. The molecule has 0 aliphatic rings. The van der Waals surface area contributed by atoms with Crippen LogP contribution in [0, 0.1) is 10.1 Å². The fourth-order valence-electron chi connectivity index (χ4n) is 4.27. The number of ether oxygens (including phenoxy) is 2. The number of nitrogens with zero attached hydrogens (tertiary/aromatic N) is 4. The van der Waals surface area contributed by atoms with E-state index in [2.05, 4.69) is 5.32 Å². The molecule has 4 aromatic rings. The van der Waals surface area contributed by atoms with Crippen LogP contribution in [0.3, 0.4) is 0 Å². The maximum Gasteiger partial charge on any atom is 0.273 e. The summed E-state index contributed by atoms with van der Waals surface area (Å²) in [7, 11) is -0.814. The van der Waals surface area contributed by atoms with Crippen LogP contribution in [0.2, 0.25) is 0 Å². The number of rotatable bonds is 12. The Kier molecular flexibility index (Phi) is 9.15. The van der Waals surface area contributed by atoms with Crippen molar-refractivity contribution in [3.8, 4) is 17.2 Å². The van der Waals surface area contributed by atoms with Crippen LogP contribution in [0.5, 0.6) is 11.5 Å². The van der Waals surface area contributed by atoms with E-state index < -0.39 is 20.9 Å². The molecule has 0 saturated carbocycles. The second-order valence-electron chi connectivity index (χ2n) is 8.62. The predicted octanol–water partition coefficient (Wildman–Crippen LogP) is 4.71. The highest BCUT2D eigenvalue weighted by atomic mass is 32.2. The molecule has 0 saturated heterocycles. The molecule has 0 spiro atoms. The lowest BCUT2D eigenvalue weighted by atomic mass is 10.2. The first kappa shape index (κ1) is 29.8. The number of amides is 1. The summed E-state index contributed by atoms with van der Waals surface area (Å²) in [6.45, 7) is 4.23. The van der Waals surface area contributed by atoms with E-state index in [9.17, 15) is 23.3 Å². The normalized spacial score (nSPS) is 11.5. The van der Waals surface area contributed by atoms with E-state index in [0.717, 1.165) is 11.8 Å². The van der Waals surface area contributed by atoms with E-state index >= 15 is 0 Å². The Hall–Kier alpha value is -4.14. The lowest BCUT2D eigenvalue weighted by Crippen LogP contribution is -2.30. The quantitative estimate of drug-likeness (QED) is 0.139. The van der Waals surface area contributed by atoms with Crippen molar-refractivity contribution < 1.29 is 27.6 Å². The second kappa shape index (κ2) is 12.6. The number of benzene rings is 3. The number of imidazole rings is 1. The van der Waals surface area contributed by atoms with Gasteiger partial charge in [0.15, 0.2) is 5.16 Å². The van der Waals surface area contributed by atoms with Crippen molar-refractivity contribution in [3.05, 3.63) is 70.8 Å². The summed E-state index contributed by atoms with van der Waals surface area (Å²) in [5.41, 5.74) is 1.85. The molecule has 1 N–H and O–H groups in total. The smallest absolute Gasteiger partial charge is 0.273 e. The maximum absolute atomic E-state index is 13.2. The number of nitro groups is 1. The van der Waals surface area contributed by atoms with Gasteiger partial charge in [-0.25, -0.2) is 13.4 Å². The minimum atomic E-state index is -3.71. The number of methoxy groups -OCH3 is 2.